The van der Waals surface area contributed by atoms with Gasteiger partial charge in [0, 0.05) is 12.0 Å². The Morgan fingerprint density at radius 3 is 2.77 bits per heavy atom. The number of rotatable bonds is 4. The summed E-state index contributed by atoms with van der Waals surface area (Å²) in [6.45, 7) is 5.08. The van der Waals surface area contributed by atoms with Crippen molar-refractivity contribution in [2.45, 2.75) is 43.7 Å². The first-order chi connectivity index (χ1) is 10.2. The molecule has 0 aromatic heterocycles. The number of halogens is 1. The molecule has 3 atom stereocenters. The van der Waals surface area contributed by atoms with E-state index >= 15 is 0 Å². The van der Waals surface area contributed by atoms with Crippen LogP contribution in [0.2, 0.25) is 0 Å². The summed E-state index contributed by atoms with van der Waals surface area (Å²) < 4.78 is 5.54. The molecule has 0 amide bonds. The Labute approximate surface area is 139 Å². The van der Waals surface area contributed by atoms with E-state index in [1.54, 1.807) is 6.08 Å². The Bertz CT molecular complexity index is 486. The van der Waals surface area contributed by atoms with E-state index in [-0.39, 0.29) is 18.4 Å². The van der Waals surface area contributed by atoms with Gasteiger partial charge in [-0.1, -0.05) is 37.6 Å². The van der Waals surface area contributed by atoms with Crippen LogP contribution in [0.5, 0.6) is 5.75 Å². The minimum absolute atomic E-state index is 0. The number of nitrogens with one attached hydrogen (secondary N) is 1. The Morgan fingerprint density at radius 1 is 1.27 bits per heavy atom. The standard InChI is InChI=1S/C18H25NO2.ClH/c1-2-13-21-15-8-6-14(7-9-15)17-16-5-3-4-10-18(16,20)11-12-19-17;/h2,6-9,16-17,19-20H,1,3-5,10-13H2;1H/p-1. The summed E-state index contributed by atoms with van der Waals surface area (Å²) in [5.74, 6) is 1.20. The highest BCUT2D eigenvalue weighted by Gasteiger charge is 2.45. The van der Waals surface area contributed by atoms with Gasteiger partial charge in [-0.05, 0) is 43.5 Å². The number of piperidine rings is 1. The zero-order valence-corrected chi connectivity index (χ0v) is 13.7. The molecule has 2 aliphatic rings. The van der Waals surface area contributed by atoms with E-state index in [4.69, 9.17) is 4.74 Å². The van der Waals surface area contributed by atoms with Crippen LogP contribution in [0.25, 0.3) is 0 Å². The fourth-order valence-electron chi connectivity index (χ4n) is 3.90. The number of aliphatic hydroxyl groups is 1. The van der Waals surface area contributed by atoms with Crippen molar-refractivity contribution in [3.63, 3.8) is 0 Å². The van der Waals surface area contributed by atoms with Gasteiger partial charge in [-0.2, -0.15) is 0 Å². The van der Waals surface area contributed by atoms with E-state index < -0.39 is 5.60 Å². The summed E-state index contributed by atoms with van der Waals surface area (Å²) in [6, 6.07) is 8.53. The minimum Gasteiger partial charge on any atom is -1.00 e. The van der Waals surface area contributed by atoms with Crippen molar-refractivity contribution in [2.24, 2.45) is 5.92 Å². The largest absolute Gasteiger partial charge is 1.00 e. The van der Waals surface area contributed by atoms with Crippen LogP contribution in [0.1, 0.15) is 43.7 Å². The van der Waals surface area contributed by atoms with Crippen molar-refractivity contribution >= 4 is 0 Å². The lowest BCUT2D eigenvalue weighted by Crippen LogP contribution is -3.00. The van der Waals surface area contributed by atoms with Crippen LogP contribution in [0.4, 0.5) is 0 Å². The SMILES string of the molecule is C=CCOc1ccc(C2NCCC3(O)CCCCC23)cc1.[Cl-]. The molecule has 1 aromatic rings. The van der Waals surface area contributed by atoms with Crippen molar-refractivity contribution in [1.29, 1.82) is 0 Å². The third kappa shape index (κ3) is 3.48. The molecule has 1 aliphatic heterocycles. The zero-order chi connectivity index (χ0) is 14.7. The third-order valence-electron chi connectivity index (χ3n) is 5.00. The lowest BCUT2D eigenvalue weighted by atomic mass is 9.67. The first kappa shape index (κ1) is 17.3. The van der Waals surface area contributed by atoms with Gasteiger partial charge in [0.2, 0.25) is 0 Å². The Hall–Kier alpha value is -1.03. The molecule has 22 heavy (non-hydrogen) atoms. The van der Waals surface area contributed by atoms with Gasteiger partial charge < -0.3 is 27.6 Å². The van der Waals surface area contributed by atoms with Gasteiger partial charge in [0.25, 0.3) is 0 Å². The average molecular weight is 323 g/mol. The maximum Gasteiger partial charge on any atom is 0.119 e. The highest BCUT2D eigenvalue weighted by Crippen LogP contribution is 2.45. The molecular formula is C18H25ClNO2-. The fourth-order valence-corrected chi connectivity index (χ4v) is 3.90. The van der Waals surface area contributed by atoms with Crippen molar-refractivity contribution in [2.75, 3.05) is 13.2 Å². The van der Waals surface area contributed by atoms with Gasteiger partial charge >= 0.3 is 0 Å². The molecule has 1 heterocycles. The lowest BCUT2D eigenvalue weighted by Gasteiger charge is -2.48. The molecule has 1 aromatic carbocycles. The van der Waals surface area contributed by atoms with E-state index in [9.17, 15) is 5.11 Å². The quantitative estimate of drug-likeness (QED) is 0.779. The summed E-state index contributed by atoms with van der Waals surface area (Å²) in [7, 11) is 0. The monoisotopic (exact) mass is 322 g/mol. The number of benzene rings is 1. The number of fused-ring (bicyclic) bond motifs is 1. The summed E-state index contributed by atoms with van der Waals surface area (Å²) in [6.07, 6.45) is 7.09. The molecule has 2 N–H and O–H groups in total. The molecule has 1 saturated carbocycles. The van der Waals surface area contributed by atoms with Crippen LogP contribution in [0.3, 0.4) is 0 Å². The molecule has 1 saturated heterocycles. The molecule has 4 heteroatoms. The molecule has 2 fully saturated rings. The van der Waals surface area contributed by atoms with Crippen molar-refractivity contribution < 1.29 is 22.3 Å². The Morgan fingerprint density at radius 2 is 2.05 bits per heavy atom. The molecule has 3 unspecified atom stereocenters. The maximum absolute atomic E-state index is 10.9. The van der Waals surface area contributed by atoms with E-state index in [1.807, 2.05) is 12.1 Å². The van der Waals surface area contributed by atoms with Gasteiger partial charge in [0.15, 0.2) is 0 Å². The summed E-state index contributed by atoms with van der Waals surface area (Å²) in [5.41, 5.74) is 0.789. The van der Waals surface area contributed by atoms with Crippen LogP contribution >= 0.6 is 0 Å². The predicted octanol–water partition coefficient (Wildman–Crippen LogP) is 0.211. The van der Waals surface area contributed by atoms with E-state index in [0.717, 1.165) is 38.0 Å². The van der Waals surface area contributed by atoms with E-state index in [1.165, 1.54) is 12.0 Å². The lowest BCUT2D eigenvalue weighted by molar-refractivity contribution is -0.0861. The van der Waals surface area contributed by atoms with Crippen LogP contribution in [-0.2, 0) is 0 Å². The van der Waals surface area contributed by atoms with Crippen LogP contribution in [0.15, 0.2) is 36.9 Å². The van der Waals surface area contributed by atoms with Gasteiger partial charge in [0.1, 0.15) is 12.4 Å². The number of hydrogen-bond donors (Lipinski definition) is 2. The zero-order valence-electron chi connectivity index (χ0n) is 12.9. The molecule has 1 aliphatic carbocycles. The smallest absolute Gasteiger partial charge is 0.119 e. The first-order valence-corrected chi connectivity index (χ1v) is 8.02. The van der Waals surface area contributed by atoms with Gasteiger partial charge in [-0.25, -0.2) is 0 Å². The topological polar surface area (TPSA) is 41.5 Å². The number of hydrogen-bond acceptors (Lipinski definition) is 3. The fraction of sp³-hybridized carbons (Fsp3) is 0.556. The van der Waals surface area contributed by atoms with Crippen molar-refractivity contribution in [3.8, 4) is 5.75 Å². The second-order valence-corrected chi connectivity index (χ2v) is 6.31. The highest BCUT2D eigenvalue weighted by atomic mass is 35.5. The summed E-state index contributed by atoms with van der Waals surface area (Å²) in [5, 5.41) is 14.5. The predicted molar refractivity (Wildman–Crippen MR) is 84.4 cm³/mol. The Kier molecular flexibility index (Phi) is 5.90. The van der Waals surface area contributed by atoms with E-state index in [2.05, 4.69) is 24.0 Å². The maximum atomic E-state index is 10.9. The summed E-state index contributed by atoms with van der Waals surface area (Å²) >= 11 is 0. The third-order valence-corrected chi connectivity index (χ3v) is 5.00. The van der Waals surface area contributed by atoms with Crippen molar-refractivity contribution in [3.05, 3.63) is 42.5 Å². The normalized spacial score (nSPS) is 30.8. The average Bonchev–Trinajstić information content (AvgIpc) is 2.52. The summed E-state index contributed by atoms with van der Waals surface area (Å²) in [4.78, 5) is 0. The second-order valence-electron chi connectivity index (χ2n) is 6.31. The molecular weight excluding hydrogens is 298 g/mol. The first-order valence-electron chi connectivity index (χ1n) is 8.02. The molecule has 0 radical (unpaired) electrons. The second kappa shape index (κ2) is 7.49. The van der Waals surface area contributed by atoms with Crippen LogP contribution in [0, 0.1) is 5.92 Å². The minimum atomic E-state index is -0.466. The van der Waals surface area contributed by atoms with Crippen LogP contribution in [-0.4, -0.2) is 23.9 Å². The molecule has 0 spiro atoms. The molecule has 122 valence electrons. The van der Waals surface area contributed by atoms with Gasteiger partial charge in [-0.15, -0.1) is 0 Å². The van der Waals surface area contributed by atoms with Gasteiger partial charge in [-0.3, -0.25) is 0 Å². The highest BCUT2D eigenvalue weighted by molar-refractivity contribution is 5.30. The molecule has 0 bridgehead atoms. The van der Waals surface area contributed by atoms with Crippen molar-refractivity contribution in [1.82, 2.24) is 5.32 Å². The van der Waals surface area contributed by atoms with E-state index in [0.29, 0.717) is 12.5 Å². The van der Waals surface area contributed by atoms with Crippen LogP contribution < -0.4 is 22.5 Å². The molecule has 3 nitrogen and oxygen atoms in total. The Balaban J connectivity index is 0.00000176. The number of ether oxygens (including phenoxy) is 1. The molecule has 3 rings (SSSR count). The van der Waals surface area contributed by atoms with Gasteiger partial charge in [0.05, 0.1) is 5.60 Å².